The van der Waals surface area contributed by atoms with Gasteiger partial charge in [-0.25, -0.2) is 9.59 Å². The lowest BCUT2D eigenvalue weighted by atomic mass is 10.1. The molecular weight excluding hydrogens is 317 g/mol. The van der Waals surface area contributed by atoms with Gasteiger partial charge in [-0.3, -0.25) is 0 Å². The van der Waals surface area contributed by atoms with Crippen LogP contribution >= 0.6 is 0 Å². The fraction of sp³-hybridized carbons (Fsp3) is 0.429. The molecule has 130 valence electrons. The summed E-state index contributed by atoms with van der Waals surface area (Å²) in [4.78, 5) is 19.4. The van der Waals surface area contributed by atoms with Crippen molar-refractivity contribution in [2.24, 2.45) is 5.73 Å². The molecule has 0 saturated carbocycles. The molecule has 1 rings (SSSR count). The van der Waals surface area contributed by atoms with E-state index in [0.717, 1.165) is 11.1 Å². The van der Waals surface area contributed by atoms with Crippen LogP contribution in [0.3, 0.4) is 0 Å². The number of hydrogen-bond donors (Lipinski definition) is 3. The van der Waals surface area contributed by atoms with Crippen molar-refractivity contribution in [3.05, 3.63) is 29.3 Å². The van der Waals surface area contributed by atoms with Crippen molar-refractivity contribution in [2.45, 2.75) is 26.1 Å². The van der Waals surface area contributed by atoms with E-state index < -0.39 is 30.7 Å². The summed E-state index contributed by atoms with van der Waals surface area (Å²) in [5, 5.41) is 14.8. The fourth-order valence-corrected chi connectivity index (χ4v) is 1.64. The minimum absolute atomic E-state index is 0.451. The molecule has 6 nitrogen and oxygen atoms in total. The van der Waals surface area contributed by atoms with E-state index in [9.17, 15) is 13.2 Å². The summed E-state index contributed by atoms with van der Waals surface area (Å²) in [5.74, 6) is -3.65. The number of aliphatic carboxylic acids is 2. The van der Waals surface area contributed by atoms with E-state index in [0.29, 0.717) is 5.69 Å². The summed E-state index contributed by atoms with van der Waals surface area (Å²) >= 11 is 0. The zero-order valence-corrected chi connectivity index (χ0v) is 12.9. The maximum atomic E-state index is 12.7. The summed E-state index contributed by atoms with van der Waals surface area (Å²) in [6.45, 7) is 3.34. The largest absolute Gasteiger partial charge is 0.473 e. The van der Waals surface area contributed by atoms with Crippen LogP contribution in [0.1, 0.15) is 11.1 Å². The van der Waals surface area contributed by atoms with Gasteiger partial charge in [-0.05, 0) is 37.1 Å². The Hall–Kier alpha value is -2.29. The van der Waals surface area contributed by atoms with Crippen LogP contribution in [0.25, 0.3) is 0 Å². The number of rotatable bonds is 3. The highest BCUT2D eigenvalue weighted by molar-refractivity contribution is 6.27. The Kier molecular flexibility index (Phi) is 7.54. The van der Waals surface area contributed by atoms with Crippen molar-refractivity contribution in [1.82, 2.24) is 0 Å². The molecule has 1 atom stereocenters. The van der Waals surface area contributed by atoms with E-state index in [1.807, 2.05) is 19.9 Å². The number of carboxylic acid groups (broad SMARTS) is 2. The number of anilines is 1. The smallest absolute Gasteiger partial charge is 0.414 e. The molecule has 1 aromatic rings. The number of carbonyl (C=O) groups is 2. The standard InChI is InChI=1S/C12H17F3N2.C2H2O4/c1-8-4-5-10(6-9(8)2)17(3)11(7-16)12(13,14)15;3-1(4)2(5)6/h4-6,11H,7,16H2,1-3H3;(H,3,4)(H,5,6). The lowest BCUT2D eigenvalue weighted by molar-refractivity contribution is -0.159. The zero-order valence-electron chi connectivity index (χ0n) is 12.9. The number of carboxylic acids is 2. The van der Waals surface area contributed by atoms with Crippen LogP contribution in [0, 0.1) is 13.8 Å². The molecule has 0 saturated heterocycles. The van der Waals surface area contributed by atoms with Crippen LogP contribution in [0.15, 0.2) is 18.2 Å². The number of nitrogens with zero attached hydrogens (tertiary/aromatic N) is 1. The van der Waals surface area contributed by atoms with Crippen LogP contribution in [0.4, 0.5) is 18.9 Å². The molecule has 0 amide bonds. The van der Waals surface area contributed by atoms with Crippen molar-refractivity contribution in [2.75, 3.05) is 18.5 Å². The normalized spacial score (nSPS) is 12.0. The highest BCUT2D eigenvalue weighted by Gasteiger charge is 2.41. The second-order valence-corrected chi connectivity index (χ2v) is 4.78. The predicted molar refractivity (Wildman–Crippen MR) is 78.5 cm³/mol. The second-order valence-electron chi connectivity index (χ2n) is 4.78. The fourth-order valence-electron chi connectivity index (χ4n) is 1.64. The van der Waals surface area contributed by atoms with Gasteiger partial charge in [-0.1, -0.05) is 6.07 Å². The summed E-state index contributed by atoms with van der Waals surface area (Å²) in [6, 6.07) is 3.58. The van der Waals surface area contributed by atoms with E-state index in [1.54, 1.807) is 12.1 Å². The molecule has 23 heavy (non-hydrogen) atoms. The first-order valence-electron chi connectivity index (χ1n) is 6.44. The first-order valence-corrected chi connectivity index (χ1v) is 6.44. The molecule has 4 N–H and O–H groups in total. The van der Waals surface area contributed by atoms with Gasteiger partial charge in [0.25, 0.3) is 0 Å². The third-order valence-corrected chi connectivity index (χ3v) is 3.15. The van der Waals surface area contributed by atoms with E-state index >= 15 is 0 Å². The number of halogens is 3. The van der Waals surface area contributed by atoms with Crippen LogP contribution in [-0.4, -0.2) is 48.0 Å². The van der Waals surface area contributed by atoms with Crippen molar-refractivity contribution in [1.29, 1.82) is 0 Å². The molecule has 0 bridgehead atoms. The molecule has 9 heteroatoms. The first kappa shape index (κ1) is 20.7. The lowest BCUT2D eigenvalue weighted by Gasteiger charge is -2.31. The lowest BCUT2D eigenvalue weighted by Crippen LogP contribution is -2.48. The monoisotopic (exact) mass is 336 g/mol. The topological polar surface area (TPSA) is 104 Å². The third-order valence-electron chi connectivity index (χ3n) is 3.15. The van der Waals surface area contributed by atoms with Gasteiger partial charge in [0.1, 0.15) is 6.04 Å². The average molecular weight is 336 g/mol. The number of aryl methyl sites for hydroxylation is 2. The summed E-state index contributed by atoms with van der Waals surface area (Å²) in [7, 11) is 1.41. The molecule has 0 spiro atoms. The summed E-state index contributed by atoms with van der Waals surface area (Å²) < 4.78 is 38.1. The van der Waals surface area contributed by atoms with Gasteiger partial charge in [0.15, 0.2) is 0 Å². The van der Waals surface area contributed by atoms with Crippen molar-refractivity contribution < 1.29 is 33.0 Å². The zero-order chi connectivity index (χ0) is 18.4. The van der Waals surface area contributed by atoms with Crippen molar-refractivity contribution in [3.63, 3.8) is 0 Å². The molecule has 1 unspecified atom stereocenters. The maximum Gasteiger partial charge on any atom is 0.414 e. The van der Waals surface area contributed by atoms with Gasteiger partial charge in [-0.2, -0.15) is 13.2 Å². The summed E-state index contributed by atoms with van der Waals surface area (Å²) in [5.41, 5.74) is 7.75. The van der Waals surface area contributed by atoms with Gasteiger partial charge in [-0.15, -0.1) is 0 Å². The minimum Gasteiger partial charge on any atom is -0.473 e. The Balaban J connectivity index is 0.000000688. The minimum atomic E-state index is -4.32. The third kappa shape index (κ3) is 6.55. The van der Waals surface area contributed by atoms with E-state index in [2.05, 4.69) is 0 Å². The van der Waals surface area contributed by atoms with E-state index in [4.69, 9.17) is 25.5 Å². The number of nitrogens with two attached hydrogens (primary N) is 1. The Bertz CT molecular complexity index is 549. The molecule has 0 aromatic heterocycles. The van der Waals surface area contributed by atoms with Crippen LogP contribution in [-0.2, 0) is 9.59 Å². The predicted octanol–water partition coefficient (Wildman–Crippen LogP) is 1.78. The van der Waals surface area contributed by atoms with Gasteiger partial charge in [0, 0.05) is 19.3 Å². The Morgan fingerprint density at radius 2 is 1.65 bits per heavy atom. The number of hydrogen-bond acceptors (Lipinski definition) is 4. The Morgan fingerprint density at radius 3 is 1.96 bits per heavy atom. The second kappa shape index (κ2) is 8.37. The molecule has 1 aromatic carbocycles. The molecule has 0 aliphatic carbocycles. The van der Waals surface area contributed by atoms with Crippen LogP contribution < -0.4 is 10.6 Å². The van der Waals surface area contributed by atoms with E-state index in [-0.39, 0.29) is 0 Å². The van der Waals surface area contributed by atoms with Crippen molar-refractivity contribution in [3.8, 4) is 0 Å². The van der Waals surface area contributed by atoms with Gasteiger partial charge < -0.3 is 20.8 Å². The van der Waals surface area contributed by atoms with Gasteiger partial charge >= 0.3 is 18.1 Å². The van der Waals surface area contributed by atoms with Crippen LogP contribution in [0.2, 0.25) is 0 Å². The first-order chi connectivity index (χ1) is 10.4. The van der Waals surface area contributed by atoms with Crippen molar-refractivity contribution >= 4 is 17.6 Å². The average Bonchev–Trinajstić information content (AvgIpc) is 2.41. The van der Waals surface area contributed by atoms with Gasteiger partial charge in [0.2, 0.25) is 0 Å². The number of benzene rings is 1. The molecule has 0 radical (unpaired) electrons. The highest BCUT2D eigenvalue weighted by Crippen LogP contribution is 2.28. The molecule has 0 aliphatic heterocycles. The molecule has 0 heterocycles. The van der Waals surface area contributed by atoms with Gasteiger partial charge in [0.05, 0.1) is 0 Å². The number of likely N-dealkylation sites (N-methyl/N-ethyl adjacent to an activating group) is 1. The summed E-state index contributed by atoms with van der Waals surface area (Å²) in [6.07, 6.45) is -4.32. The Morgan fingerprint density at radius 1 is 1.17 bits per heavy atom. The van der Waals surface area contributed by atoms with E-state index in [1.165, 1.54) is 11.9 Å². The molecule has 0 fully saturated rings. The molecule has 0 aliphatic rings. The maximum absolute atomic E-state index is 12.7. The Labute approximate surface area is 131 Å². The quantitative estimate of drug-likeness (QED) is 0.727. The van der Waals surface area contributed by atoms with Crippen LogP contribution in [0.5, 0.6) is 0 Å². The highest BCUT2D eigenvalue weighted by atomic mass is 19.4. The molecular formula is C14H19F3N2O4. The SMILES string of the molecule is Cc1ccc(N(C)C(CN)C(F)(F)F)cc1C.O=C(O)C(=O)O. The number of alkyl halides is 3.